The number of pyridine rings is 1. The van der Waals surface area contributed by atoms with Gasteiger partial charge >= 0.3 is 0 Å². The smallest absolute Gasteiger partial charge is 0.270 e. The number of aromatic nitrogens is 6. The monoisotopic (exact) mass is 1230 g/mol. The van der Waals surface area contributed by atoms with Crippen LogP contribution < -0.4 is 25.8 Å². The van der Waals surface area contributed by atoms with Crippen molar-refractivity contribution >= 4 is 73.8 Å². The number of thiazole rings is 2. The van der Waals surface area contributed by atoms with Gasteiger partial charge in [0, 0.05) is 99.4 Å². The van der Waals surface area contributed by atoms with Crippen LogP contribution in [-0.2, 0) is 29.1 Å². The molecule has 4 fully saturated rings. The fraction of sp³-hybridized carbons (Fsp3) is 0.448. The Bertz CT molecular complexity index is 3730. The van der Waals surface area contributed by atoms with Gasteiger partial charge in [-0.3, -0.25) is 34.1 Å². The standard InChI is InChI=1S/C54H65N11O5S.C13H14N2OS/c1-33(2)49(53(69)63-25-21-39(66)31-63)45-26-48(60-70-45)64-29-38(30-64)61-23-19-37(20-24-61)56-52(68)50-40(42-27-55-65(34(42)3)28-35-10-5-4-6-11-35)16-17-47(58-50)62-22-18-36-12-9-13-41(43(36)32-62)51(67)59-54-57-44-14-7-8-15-46(44)71-54;1-9(14-7-16)11-3-5-12(6-4-11)13-10(2)15-8-17-13/h7-9,12-17,26-27,33,35,37-39,49,66H,4-6,10-11,18-25,28-32H2,1-3H3,(H,56,68)(H,57,59,67);3-9H,1-2H3,(H,14,16)/t;9-/m.0/s1. The molecular formula is C67H79N13O6S2. The summed E-state index contributed by atoms with van der Waals surface area (Å²) in [6.07, 6.45) is 11.4. The maximum absolute atomic E-state index is 14.7. The van der Waals surface area contributed by atoms with E-state index in [4.69, 9.17) is 14.6 Å². The van der Waals surface area contributed by atoms with Crippen LogP contribution in [-0.4, -0.2) is 133 Å². The number of benzene rings is 3. The van der Waals surface area contributed by atoms with Crippen LogP contribution in [0.2, 0.25) is 0 Å². The number of anilines is 3. The van der Waals surface area contributed by atoms with Gasteiger partial charge in [0.2, 0.25) is 12.3 Å². The molecule has 13 rings (SSSR count). The minimum atomic E-state index is -0.472. The maximum atomic E-state index is 14.7. The van der Waals surface area contributed by atoms with E-state index in [0.29, 0.717) is 72.5 Å². The van der Waals surface area contributed by atoms with E-state index in [2.05, 4.69) is 75.6 Å². The van der Waals surface area contributed by atoms with Gasteiger partial charge in [-0.25, -0.2) is 15.0 Å². The number of rotatable bonds is 17. The van der Waals surface area contributed by atoms with Crippen molar-refractivity contribution in [2.24, 2.45) is 11.8 Å². The minimum Gasteiger partial charge on any atom is -0.391 e. The van der Waals surface area contributed by atoms with Gasteiger partial charge in [-0.05, 0) is 124 Å². The average molecular weight is 1230 g/mol. The lowest BCUT2D eigenvalue weighted by molar-refractivity contribution is -0.133. The fourth-order valence-electron chi connectivity index (χ4n) is 13.3. The zero-order valence-electron chi connectivity index (χ0n) is 50.9. The first kappa shape index (κ1) is 60.4. The molecule has 4 amide bonds. The Morgan fingerprint density at radius 2 is 1.61 bits per heavy atom. The van der Waals surface area contributed by atoms with Gasteiger partial charge in [0.1, 0.15) is 17.4 Å². The SMILES string of the molecule is Cc1c(-c2ccc(N3CCc4cccc(C(=O)Nc5nc6ccccc6s5)c4C3)nc2C(=O)NC2CCN(C3CN(c4cc(C(C(=O)N5CCC(O)C5)C(C)C)on4)C3)CC2)cnn1CC1CCCCC1.Cc1ncsc1-c1ccc([C@H](C)NC=O)cc1. The number of aliphatic hydroxyl groups excluding tert-OH is 1. The largest absolute Gasteiger partial charge is 0.391 e. The molecule has 3 saturated heterocycles. The molecule has 3 aromatic carbocycles. The number of carbonyl (C=O) groups is 4. The van der Waals surface area contributed by atoms with Crippen LogP contribution in [0.25, 0.3) is 31.8 Å². The summed E-state index contributed by atoms with van der Waals surface area (Å²) in [6.45, 7) is 16.4. The fourth-order valence-corrected chi connectivity index (χ4v) is 15.0. The summed E-state index contributed by atoms with van der Waals surface area (Å²) in [6, 6.07) is 28.4. The van der Waals surface area contributed by atoms with Crippen LogP contribution in [0.1, 0.15) is 139 Å². The molecule has 0 radical (unpaired) electrons. The van der Waals surface area contributed by atoms with Crippen molar-refractivity contribution in [1.29, 1.82) is 0 Å². The summed E-state index contributed by atoms with van der Waals surface area (Å²) in [5.74, 6) is 1.81. The first-order chi connectivity index (χ1) is 42.7. The van der Waals surface area contributed by atoms with Crippen LogP contribution in [0.3, 0.4) is 0 Å². The lowest BCUT2D eigenvalue weighted by Crippen LogP contribution is -2.62. The van der Waals surface area contributed by atoms with Crippen molar-refractivity contribution in [3.05, 3.63) is 142 Å². The molecule has 460 valence electrons. The van der Waals surface area contributed by atoms with Crippen molar-refractivity contribution in [3.8, 4) is 21.6 Å². The molecule has 1 aliphatic carbocycles. The molecule has 1 saturated carbocycles. The molecule has 4 N–H and O–H groups in total. The number of hydrogen-bond donors (Lipinski definition) is 4. The van der Waals surface area contributed by atoms with E-state index in [1.165, 1.54) is 53.9 Å². The van der Waals surface area contributed by atoms with E-state index in [1.807, 2.05) is 106 Å². The van der Waals surface area contributed by atoms with Gasteiger partial charge in [-0.15, -0.1) is 11.3 Å². The van der Waals surface area contributed by atoms with E-state index >= 15 is 0 Å². The highest BCUT2D eigenvalue weighted by atomic mass is 32.1. The number of likely N-dealkylation sites (tertiary alicyclic amines) is 2. The number of carbonyl (C=O) groups excluding carboxylic acids is 4. The number of amides is 4. The molecule has 19 nitrogen and oxygen atoms in total. The number of aliphatic hydroxyl groups is 1. The van der Waals surface area contributed by atoms with Gasteiger partial charge < -0.3 is 35.0 Å². The molecule has 21 heteroatoms. The molecule has 4 aliphatic heterocycles. The van der Waals surface area contributed by atoms with Crippen LogP contribution in [0.4, 0.5) is 16.8 Å². The molecular weight excluding hydrogens is 1150 g/mol. The predicted octanol–water partition coefficient (Wildman–Crippen LogP) is 10.6. The lowest BCUT2D eigenvalue weighted by Gasteiger charge is -2.47. The molecule has 0 spiro atoms. The summed E-state index contributed by atoms with van der Waals surface area (Å²) < 4.78 is 8.94. The molecule has 3 atom stereocenters. The number of hydrogen-bond acceptors (Lipinski definition) is 16. The number of fused-ring (bicyclic) bond motifs is 2. The molecule has 9 heterocycles. The number of piperidine rings is 1. The quantitative estimate of drug-likeness (QED) is 0.0624. The summed E-state index contributed by atoms with van der Waals surface area (Å²) >= 11 is 3.11. The van der Waals surface area contributed by atoms with Crippen molar-refractivity contribution < 1.29 is 28.8 Å². The Balaban J connectivity index is 0.000000382. The second-order valence-corrected chi connectivity index (χ2v) is 26.6. The Morgan fingerprint density at radius 3 is 2.34 bits per heavy atom. The maximum Gasteiger partial charge on any atom is 0.270 e. The number of para-hydroxylation sites is 1. The first-order valence-electron chi connectivity index (χ1n) is 31.2. The van der Waals surface area contributed by atoms with E-state index in [0.717, 1.165) is 114 Å². The lowest BCUT2D eigenvalue weighted by atomic mass is 9.89. The molecule has 5 aromatic heterocycles. The predicted molar refractivity (Wildman–Crippen MR) is 345 cm³/mol. The van der Waals surface area contributed by atoms with E-state index in [1.54, 1.807) is 16.2 Å². The number of β-amino-alcohol motifs (C(OH)–C–C–N with tert-alkyl or cyclic N) is 1. The van der Waals surface area contributed by atoms with Gasteiger partial charge in [0.05, 0.1) is 44.6 Å². The minimum absolute atomic E-state index is 0.0120. The van der Waals surface area contributed by atoms with Crippen LogP contribution >= 0.6 is 22.7 Å². The van der Waals surface area contributed by atoms with Gasteiger partial charge in [-0.2, -0.15) is 5.10 Å². The van der Waals surface area contributed by atoms with Gasteiger partial charge in [0.25, 0.3) is 11.8 Å². The van der Waals surface area contributed by atoms with Crippen LogP contribution in [0.15, 0.2) is 101 Å². The third-order valence-corrected chi connectivity index (χ3v) is 20.5. The van der Waals surface area contributed by atoms with Gasteiger partial charge in [0.15, 0.2) is 16.7 Å². The Labute approximate surface area is 521 Å². The zero-order valence-corrected chi connectivity index (χ0v) is 52.5. The van der Waals surface area contributed by atoms with Crippen LogP contribution in [0.5, 0.6) is 0 Å². The number of nitrogens with one attached hydrogen (secondary N) is 3. The summed E-state index contributed by atoms with van der Waals surface area (Å²) in [4.78, 5) is 76.4. The van der Waals surface area contributed by atoms with Gasteiger partial charge in [-0.1, -0.05) is 98.1 Å². The molecule has 0 bridgehead atoms. The molecule has 2 unspecified atom stereocenters. The van der Waals surface area contributed by atoms with E-state index < -0.39 is 12.0 Å². The number of aryl methyl sites for hydroxylation is 1. The molecule has 5 aliphatic rings. The molecule has 88 heavy (non-hydrogen) atoms. The second kappa shape index (κ2) is 26.9. The van der Waals surface area contributed by atoms with Crippen molar-refractivity contribution in [1.82, 2.24) is 50.3 Å². The highest BCUT2D eigenvalue weighted by Crippen LogP contribution is 2.37. The van der Waals surface area contributed by atoms with Crippen LogP contribution in [0, 0.1) is 25.7 Å². The second-order valence-electron chi connectivity index (χ2n) is 24.7. The summed E-state index contributed by atoms with van der Waals surface area (Å²) in [5, 5.41) is 29.1. The summed E-state index contributed by atoms with van der Waals surface area (Å²) in [5.41, 5.74) is 11.9. The Morgan fingerprint density at radius 1 is 0.818 bits per heavy atom. The van der Waals surface area contributed by atoms with E-state index in [-0.39, 0.29) is 35.7 Å². The average Bonchev–Trinajstić information content (AvgIpc) is 2.09. The summed E-state index contributed by atoms with van der Waals surface area (Å²) in [7, 11) is 0. The molecule has 8 aromatic rings. The van der Waals surface area contributed by atoms with Crippen molar-refractivity contribution in [2.45, 2.75) is 136 Å². The Kier molecular flexibility index (Phi) is 18.4. The van der Waals surface area contributed by atoms with E-state index in [9.17, 15) is 24.3 Å². The van der Waals surface area contributed by atoms with Crippen molar-refractivity contribution in [3.63, 3.8) is 0 Å². The normalized spacial score (nSPS) is 18.4. The third-order valence-electron chi connectivity index (χ3n) is 18.5. The number of nitrogens with zero attached hydrogens (tertiary/aromatic N) is 10. The highest BCUT2D eigenvalue weighted by molar-refractivity contribution is 7.22. The van der Waals surface area contributed by atoms with Crippen molar-refractivity contribution in [2.75, 3.05) is 60.9 Å². The Hall–Kier alpha value is -7.85. The third kappa shape index (κ3) is 13.3. The highest BCUT2D eigenvalue weighted by Gasteiger charge is 2.39. The zero-order chi connectivity index (χ0) is 61.0. The topological polar surface area (TPSA) is 220 Å². The first-order valence-corrected chi connectivity index (χ1v) is 32.9.